The van der Waals surface area contributed by atoms with E-state index in [0.29, 0.717) is 13.0 Å². The van der Waals surface area contributed by atoms with Crippen LogP contribution in [0.25, 0.3) is 0 Å². The van der Waals surface area contributed by atoms with Crippen LogP contribution in [0.15, 0.2) is 18.2 Å². The molecule has 0 radical (unpaired) electrons. The standard InChI is InChI=1S/C16H22FNO3/c1-10-9-12(17)6-5-11(10)7-8-18-14(19)13(15(20)21)16(2,3)4/h5-6,9,13H,7-8H2,1-4H3,(H,18,19)(H,20,21). The van der Waals surface area contributed by atoms with E-state index in [1.165, 1.54) is 12.1 Å². The number of aryl methyl sites for hydroxylation is 1. The average molecular weight is 295 g/mol. The van der Waals surface area contributed by atoms with Crippen molar-refractivity contribution >= 4 is 11.9 Å². The third-order valence-corrected chi connectivity index (χ3v) is 3.37. The number of aliphatic carboxylic acids is 1. The van der Waals surface area contributed by atoms with E-state index in [1.54, 1.807) is 33.8 Å². The molecular weight excluding hydrogens is 273 g/mol. The molecule has 0 fully saturated rings. The molecule has 0 aliphatic rings. The van der Waals surface area contributed by atoms with Crippen LogP contribution in [-0.2, 0) is 16.0 Å². The van der Waals surface area contributed by atoms with Crippen molar-refractivity contribution in [1.29, 1.82) is 0 Å². The van der Waals surface area contributed by atoms with Crippen molar-refractivity contribution in [2.75, 3.05) is 6.54 Å². The minimum atomic E-state index is -1.13. The Labute approximate surface area is 124 Å². The van der Waals surface area contributed by atoms with Gasteiger partial charge in [0.2, 0.25) is 5.91 Å². The van der Waals surface area contributed by atoms with Crippen LogP contribution in [0.4, 0.5) is 4.39 Å². The fraction of sp³-hybridized carbons (Fsp3) is 0.500. The largest absolute Gasteiger partial charge is 0.481 e. The molecule has 0 saturated heterocycles. The highest BCUT2D eigenvalue weighted by Crippen LogP contribution is 2.26. The SMILES string of the molecule is Cc1cc(F)ccc1CCNC(=O)C(C(=O)O)C(C)(C)C. The van der Waals surface area contributed by atoms with Crippen molar-refractivity contribution in [2.24, 2.45) is 11.3 Å². The minimum absolute atomic E-state index is 0.293. The summed E-state index contributed by atoms with van der Waals surface area (Å²) in [6, 6.07) is 4.49. The van der Waals surface area contributed by atoms with Gasteiger partial charge in [-0.3, -0.25) is 9.59 Å². The Morgan fingerprint density at radius 1 is 1.33 bits per heavy atom. The summed E-state index contributed by atoms with van der Waals surface area (Å²) in [7, 11) is 0. The molecule has 116 valence electrons. The number of carboxylic acid groups (broad SMARTS) is 1. The lowest BCUT2D eigenvalue weighted by Gasteiger charge is -2.25. The van der Waals surface area contributed by atoms with E-state index < -0.39 is 23.2 Å². The molecule has 2 N–H and O–H groups in total. The Balaban J connectivity index is 2.62. The van der Waals surface area contributed by atoms with Crippen LogP contribution in [0, 0.1) is 24.1 Å². The van der Waals surface area contributed by atoms with E-state index in [4.69, 9.17) is 5.11 Å². The fourth-order valence-corrected chi connectivity index (χ4v) is 2.24. The lowest BCUT2D eigenvalue weighted by Crippen LogP contribution is -2.43. The number of benzene rings is 1. The van der Waals surface area contributed by atoms with Crippen molar-refractivity contribution in [3.63, 3.8) is 0 Å². The van der Waals surface area contributed by atoms with Gasteiger partial charge in [0.15, 0.2) is 0 Å². The zero-order valence-electron chi connectivity index (χ0n) is 12.9. The number of carboxylic acids is 1. The summed E-state index contributed by atoms with van der Waals surface area (Å²) in [4.78, 5) is 23.2. The maximum Gasteiger partial charge on any atom is 0.316 e. The lowest BCUT2D eigenvalue weighted by molar-refractivity contribution is -0.151. The number of halogens is 1. The van der Waals surface area contributed by atoms with Gasteiger partial charge in [0, 0.05) is 6.54 Å². The molecule has 1 aromatic rings. The van der Waals surface area contributed by atoms with Gasteiger partial charge < -0.3 is 10.4 Å². The molecule has 1 atom stereocenters. The van der Waals surface area contributed by atoms with Crippen LogP contribution in [0.2, 0.25) is 0 Å². The van der Waals surface area contributed by atoms with Gasteiger partial charge in [-0.15, -0.1) is 0 Å². The topological polar surface area (TPSA) is 66.4 Å². The van der Waals surface area contributed by atoms with E-state index >= 15 is 0 Å². The zero-order chi connectivity index (χ0) is 16.2. The molecule has 1 aromatic carbocycles. The third kappa shape index (κ3) is 4.85. The van der Waals surface area contributed by atoms with Gasteiger partial charge in [0.25, 0.3) is 0 Å². The first-order valence-electron chi connectivity index (χ1n) is 6.88. The predicted molar refractivity (Wildman–Crippen MR) is 78.4 cm³/mol. The van der Waals surface area contributed by atoms with Crippen LogP contribution in [0.5, 0.6) is 0 Å². The molecule has 0 saturated carbocycles. The molecule has 0 bridgehead atoms. The maximum atomic E-state index is 13.0. The number of hydrogen-bond donors (Lipinski definition) is 2. The molecule has 4 nitrogen and oxygen atoms in total. The van der Waals surface area contributed by atoms with Gasteiger partial charge in [0.05, 0.1) is 0 Å². The molecule has 1 unspecified atom stereocenters. The smallest absolute Gasteiger partial charge is 0.316 e. The zero-order valence-corrected chi connectivity index (χ0v) is 12.9. The molecule has 5 heteroatoms. The summed E-state index contributed by atoms with van der Waals surface area (Å²) in [6.45, 7) is 7.28. The Morgan fingerprint density at radius 2 is 1.95 bits per heavy atom. The molecule has 0 aliphatic heterocycles. The quantitative estimate of drug-likeness (QED) is 0.820. The van der Waals surface area contributed by atoms with Crippen LogP contribution >= 0.6 is 0 Å². The molecular formula is C16H22FNO3. The molecule has 1 amide bonds. The second-order valence-electron chi connectivity index (χ2n) is 6.25. The Bertz CT molecular complexity index is 535. The Hall–Kier alpha value is -1.91. The highest BCUT2D eigenvalue weighted by molar-refractivity contribution is 5.97. The van der Waals surface area contributed by atoms with Crippen LogP contribution in [0.3, 0.4) is 0 Å². The number of hydrogen-bond acceptors (Lipinski definition) is 2. The van der Waals surface area contributed by atoms with Crippen LogP contribution < -0.4 is 5.32 Å². The van der Waals surface area contributed by atoms with Crippen LogP contribution in [0.1, 0.15) is 31.9 Å². The minimum Gasteiger partial charge on any atom is -0.481 e. The monoisotopic (exact) mass is 295 g/mol. The highest BCUT2D eigenvalue weighted by atomic mass is 19.1. The molecule has 0 aliphatic carbocycles. The summed E-state index contributed by atoms with van der Waals surface area (Å²) in [6.07, 6.45) is 0.536. The van der Waals surface area contributed by atoms with E-state index in [-0.39, 0.29) is 5.82 Å². The molecule has 0 aromatic heterocycles. The van der Waals surface area contributed by atoms with Gasteiger partial charge in [0.1, 0.15) is 11.7 Å². The van der Waals surface area contributed by atoms with Crippen molar-refractivity contribution in [1.82, 2.24) is 5.32 Å². The molecule has 0 spiro atoms. The first-order valence-corrected chi connectivity index (χ1v) is 6.88. The average Bonchev–Trinajstić information content (AvgIpc) is 2.29. The van der Waals surface area contributed by atoms with Gasteiger partial charge in [-0.05, 0) is 42.0 Å². The van der Waals surface area contributed by atoms with Gasteiger partial charge in [-0.2, -0.15) is 0 Å². The molecule has 0 heterocycles. The van der Waals surface area contributed by atoms with E-state index in [9.17, 15) is 14.0 Å². The van der Waals surface area contributed by atoms with Crippen molar-refractivity contribution in [3.05, 3.63) is 35.1 Å². The second kappa shape index (κ2) is 6.70. The third-order valence-electron chi connectivity index (χ3n) is 3.37. The fourth-order valence-electron chi connectivity index (χ4n) is 2.24. The summed E-state index contributed by atoms with van der Waals surface area (Å²) in [5.74, 6) is -3.00. The molecule has 1 rings (SSSR count). The maximum absolute atomic E-state index is 13.0. The number of nitrogens with one attached hydrogen (secondary N) is 1. The van der Waals surface area contributed by atoms with Gasteiger partial charge in [-0.25, -0.2) is 4.39 Å². The number of rotatable bonds is 5. The number of carbonyl (C=O) groups is 2. The predicted octanol–water partition coefficient (Wildman–Crippen LogP) is 2.54. The Morgan fingerprint density at radius 3 is 2.43 bits per heavy atom. The lowest BCUT2D eigenvalue weighted by atomic mass is 9.80. The van der Waals surface area contributed by atoms with Crippen molar-refractivity contribution < 1.29 is 19.1 Å². The number of amides is 1. The summed E-state index contributed by atoms with van der Waals surface area (Å²) >= 11 is 0. The van der Waals surface area contributed by atoms with E-state index in [0.717, 1.165) is 11.1 Å². The van der Waals surface area contributed by atoms with Gasteiger partial charge in [-0.1, -0.05) is 26.8 Å². The second-order valence-corrected chi connectivity index (χ2v) is 6.25. The summed E-state index contributed by atoms with van der Waals surface area (Å²) in [5.41, 5.74) is 1.09. The summed E-state index contributed by atoms with van der Waals surface area (Å²) in [5, 5.41) is 11.8. The van der Waals surface area contributed by atoms with Crippen molar-refractivity contribution in [2.45, 2.75) is 34.1 Å². The normalized spacial score (nSPS) is 12.8. The number of carbonyl (C=O) groups excluding carboxylic acids is 1. The van der Waals surface area contributed by atoms with Crippen LogP contribution in [-0.4, -0.2) is 23.5 Å². The van der Waals surface area contributed by atoms with Gasteiger partial charge >= 0.3 is 5.97 Å². The highest BCUT2D eigenvalue weighted by Gasteiger charge is 2.37. The van der Waals surface area contributed by atoms with E-state index in [2.05, 4.69) is 5.32 Å². The van der Waals surface area contributed by atoms with E-state index in [1.807, 2.05) is 0 Å². The first kappa shape index (κ1) is 17.1. The summed E-state index contributed by atoms with van der Waals surface area (Å²) < 4.78 is 13.0. The Kier molecular flexibility index (Phi) is 5.47. The molecule has 21 heavy (non-hydrogen) atoms. The first-order chi connectivity index (χ1) is 9.62. The van der Waals surface area contributed by atoms with Crippen molar-refractivity contribution in [3.8, 4) is 0 Å².